The van der Waals surface area contributed by atoms with Gasteiger partial charge in [0.25, 0.3) is 0 Å². The Morgan fingerprint density at radius 1 is 1.21 bits per heavy atom. The first-order chi connectivity index (χ1) is 9.04. The first-order valence-corrected chi connectivity index (χ1v) is 7.60. The van der Waals surface area contributed by atoms with Gasteiger partial charge in [0, 0.05) is 31.4 Å². The Kier molecular flexibility index (Phi) is 4.87. The van der Waals surface area contributed by atoms with Gasteiger partial charge in [-0.05, 0) is 49.8 Å². The molecule has 1 aromatic carbocycles. The Balaban J connectivity index is 1.87. The third-order valence-electron chi connectivity index (χ3n) is 3.96. The van der Waals surface area contributed by atoms with Crippen LogP contribution >= 0.6 is 0 Å². The van der Waals surface area contributed by atoms with Gasteiger partial charge in [0.1, 0.15) is 0 Å². The van der Waals surface area contributed by atoms with E-state index in [0.29, 0.717) is 6.04 Å². The zero-order valence-corrected chi connectivity index (χ0v) is 12.9. The van der Waals surface area contributed by atoms with E-state index in [0.717, 1.165) is 5.92 Å². The number of piperidine rings is 1. The zero-order valence-electron chi connectivity index (χ0n) is 12.9. The monoisotopic (exact) mass is 260 g/mol. The standard InChI is InChI=1S/C17H28N2/c1-13(2)12-19-9-7-16(8-10-19)18-17-11-14(3)5-6-15(17)4/h5-6,11,13,16,18H,7-10,12H2,1-4H3. The minimum absolute atomic E-state index is 0.643. The van der Waals surface area contributed by atoms with E-state index in [1.165, 1.54) is 49.3 Å². The maximum absolute atomic E-state index is 3.74. The molecular weight excluding hydrogens is 232 g/mol. The van der Waals surface area contributed by atoms with Crippen LogP contribution in [0.5, 0.6) is 0 Å². The highest BCUT2D eigenvalue weighted by atomic mass is 15.1. The van der Waals surface area contributed by atoms with Crippen molar-refractivity contribution in [2.75, 3.05) is 25.0 Å². The molecule has 0 amide bonds. The molecule has 1 aromatic rings. The van der Waals surface area contributed by atoms with Crippen molar-refractivity contribution in [1.82, 2.24) is 4.90 Å². The molecule has 0 spiro atoms. The fraction of sp³-hybridized carbons (Fsp3) is 0.647. The van der Waals surface area contributed by atoms with Gasteiger partial charge in [-0.15, -0.1) is 0 Å². The fourth-order valence-corrected chi connectivity index (χ4v) is 2.89. The average molecular weight is 260 g/mol. The van der Waals surface area contributed by atoms with Crippen LogP contribution in [-0.2, 0) is 0 Å². The zero-order chi connectivity index (χ0) is 13.8. The molecule has 19 heavy (non-hydrogen) atoms. The lowest BCUT2D eigenvalue weighted by atomic mass is 10.0. The Labute approximate surface area is 118 Å². The van der Waals surface area contributed by atoms with Gasteiger partial charge < -0.3 is 10.2 Å². The van der Waals surface area contributed by atoms with E-state index in [4.69, 9.17) is 0 Å². The summed E-state index contributed by atoms with van der Waals surface area (Å²) in [6.07, 6.45) is 2.53. The second-order valence-electron chi connectivity index (χ2n) is 6.43. The third-order valence-corrected chi connectivity index (χ3v) is 3.96. The summed E-state index contributed by atoms with van der Waals surface area (Å²) in [6.45, 7) is 12.7. The second kappa shape index (κ2) is 6.42. The molecule has 0 aliphatic carbocycles. The highest BCUT2D eigenvalue weighted by Crippen LogP contribution is 2.21. The minimum atomic E-state index is 0.643. The Bertz CT molecular complexity index is 404. The van der Waals surface area contributed by atoms with Crippen LogP contribution < -0.4 is 5.32 Å². The molecular formula is C17H28N2. The van der Waals surface area contributed by atoms with E-state index >= 15 is 0 Å². The van der Waals surface area contributed by atoms with Crippen LogP contribution in [0, 0.1) is 19.8 Å². The van der Waals surface area contributed by atoms with Gasteiger partial charge >= 0.3 is 0 Å². The van der Waals surface area contributed by atoms with Crippen molar-refractivity contribution in [3.05, 3.63) is 29.3 Å². The Morgan fingerprint density at radius 3 is 2.53 bits per heavy atom. The molecule has 106 valence electrons. The van der Waals surface area contributed by atoms with Crippen LogP contribution in [0.2, 0.25) is 0 Å². The number of nitrogens with one attached hydrogen (secondary N) is 1. The molecule has 0 bridgehead atoms. The van der Waals surface area contributed by atoms with Crippen molar-refractivity contribution >= 4 is 5.69 Å². The minimum Gasteiger partial charge on any atom is -0.382 e. The van der Waals surface area contributed by atoms with Crippen LogP contribution in [0.25, 0.3) is 0 Å². The van der Waals surface area contributed by atoms with Crippen molar-refractivity contribution < 1.29 is 0 Å². The summed E-state index contributed by atoms with van der Waals surface area (Å²) in [5, 5.41) is 3.74. The van der Waals surface area contributed by atoms with Crippen LogP contribution in [0.1, 0.15) is 37.8 Å². The maximum Gasteiger partial charge on any atom is 0.0374 e. The molecule has 0 unspecified atom stereocenters. The number of aryl methyl sites for hydroxylation is 2. The Morgan fingerprint density at radius 2 is 1.89 bits per heavy atom. The lowest BCUT2D eigenvalue weighted by Crippen LogP contribution is -2.40. The molecule has 0 aromatic heterocycles. The molecule has 1 aliphatic heterocycles. The first kappa shape index (κ1) is 14.4. The molecule has 2 nitrogen and oxygen atoms in total. The lowest BCUT2D eigenvalue weighted by Gasteiger charge is -2.34. The van der Waals surface area contributed by atoms with Crippen molar-refractivity contribution in [3.63, 3.8) is 0 Å². The van der Waals surface area contributed by atoms with Gasteiger partial charge in [-0.25, -0.2) is 0 Å². The van der Waals surface area contributed by atoms with Crippen molar-refractivity contribution in [2.45, 2.75) is 46.6 Å². The number of likely N-dealkylation sites (tertiary alicyclic amines) is 1. The number of benzene rings is 1. The third kappa shape index (κ3) is 4.24. The molecule has 2 heteroatoms. The maximum atomic E-state index is 3.74. The van der Waals surface area contributed by atoms with Crippen molar-refractivity contribution in [2.24, 2.45) is 5.92 Å². The summed E-state index contributed by atoms with van der Waals surface area (Å²) in [5.41, 5.74) is 4.02. The largest absolute Gasteiger partial charge is 0.382 e. The fourth-order valence-electron chi connectivity index (χ4n) is 2.89. The van der Waals surface area contributed by atoms with E-state index < -0.39 is 0 Å². The Hall–Kier alpha value is -1.02. The summed E-state index contributed by atoms with van der Waals surface area (Å²) in [6, 6.07) is 7.32. The molecule has 1 heterocycles. The predicted octanol–water partition coefficient (Wildman–Crippen LogP) is 3.84. The normalized spacial score (nSPS) is 17.9. The molecule has 1 saturated heterocycles. The number of anilines is 1. The van der Waals surface area contributed by atoms with E-state index in [1.807, 2.05) is 0 Å². The summed E-state index contributed by atoms with van der Waals surface area (Å²) >= 11 is 0. The van der Waals surface area contributed by atoms with Crippen LogP contribution in [-0.4, -0.2) is 30.6 Å². The molecule has 1 fully saturated rings. The molecule has 1 N–H and O–H groups in total. The molecule has 0 atom stereocenters. The SMILES string of the molecule is Cc1ccc(C)c(NC2CCN(CC(C)C)CC2)c1. The molecule has 0 radical (unpaired) electrons. The van der Waals surface area contributed by atoms with E-state index in [-0.39, 0.29) is 0 Å². The van der Waals surface area contributed by atoms with Gasteiger partial charge in [-0.2, -0.15) is 0 Å². The van der Waals surface area contributed by atoms with E-state index in [1.54, 1.807) is 0 Å². The van der Waals surface area contributed by atoms with Gasteiger partial charge in [0.05, 0.1) is 0 Å². The highest BCUT2D eigenvalue weighted by Gasteiger charge is 2.19. The molecule has 1 aliphatic rings. The van der Waals surface area contributed by atoms with Crippen LogP contribution in [0.4, 0.5) is 5.69 Å². The van der Waals surface area contributed by atoms with Gasteiger partial charge in [0.15, 0.2) is 0 Å². The van der Waals surface area contributed by atoms with E-state index in [2.05, 4.69) is 56.1 Å². The smallest absolute Gasteiger partial charge is 0.0374 e. The van der Waals surface area contributed by atoms with E-state index in [9.17, 15) is 0 Å². The van der Waals surface area contributed by atoms with Crippen LogP contribution in [0.15, 0.2) is 18.2 Å². The molecule has 0 saturated carbocycles. The summed E-state index contributed by atoms with van der Waals surface area (Å²) in [5.74, 6) is 0.781. The topological polar surface area (TPSA) is 15.3 Å². The van der Waals surface area contributed by atoms with Crippen molar-refractivity contribution in [1.29, 1.82) is 0 Å². The summed E-state index contributed by atoms with van der Waals surface area (Å²) in [7, 11) is 0. The molecule has 2 rings (SSSR count). The number of hydrogen-bond acceptors (Lipinski definition) is 2. The van der Waals surface area contributed by atoms with Crippen molar-refractivity contribution in [3.8, 4) is 0 Å². The summed E-state index contributed by atoms with van der Waals surface area (Å²) in [4.78, 5) is 2.60. The van der Waals surface area contributed by atoms with Gasteiger partial charge in [-0.1, -0.05) is 26.0 Å². The average Bonchev–Trinajstić information content (AvgIpc) is 2.35. The van der Waals surface area contributed by atoms with Gasteiger partial charge in [0.2, 0.25) is 0 Å². The van der Waals surface area contributed by atoms with Crippen LogP contribution in [0.3, 0.4) is 0 Å². The number of hydrogen-bond donors (Lipinski definition) is 1. The second-order valence-corrected chi connectivity index (χ2v) is 6.43. The number of nitrogens with zero attached hydrogens (tertiary/aromatic N) is 1. The predicted molar refractivity (Wildman–Crippen MR) is 83.8 cm³/mol. The summed E-state index contributed by atoms with van der Waals surface area (Å²) < 4.78 is 0. The highest BCUT2D eigenvalue weighted by molar-refractivity contribution is 5.53. The van der Waals surface area contributed by atoms with Gasteiger partial charge in [-0.3, -0.25) is 0 Å². The number of rotatable bonds is 4. The quantitative estimate of drug-likeness (QED) is 0.885. The first-order valence-electron chi connectivity index (χ1n) is 7.60. The lowest BCUT2D eigenvalue weighted by molar-refractivity contribution is 0.198.